The quantitative estimate of drug-likeness (QED) is 0.0674. The van der Waals surface area contributed by atoms with Crippen molar-refractivity contribution in [3.8, 4) is 0 Å². The van der Waals surface area contributed by atoms with Gasteiger partial charge in [0.15, 0.2) is 0 Å². The van der Waals surface area contributed by atoms with E-state index in [0.29, 0.717) is 30.2 Å². The Kier molecular flexibility index (Phi) is 30.4. The maximum Gasteiger partial charge on any atom is 0.407 e. The van der Waals surface area contributed by atoms with Gasteiger partial charge in [-0.25, -0.2) is 9.59 Å². The van der Waals surface area contributed by atoms with Crippen LogP contribution < -0.4 is 10.6 Å². The summed E-state index contributed by atoms with van der Waals surface area (Å²) in [6.45, 7) is 22.2. The molecule has 12 nitrogen and oxygen atoms in total. The molecule has 0 bridgehead atoms. The highest BCUT2D eigenvalue weighted by Crippen LogP contribution is 2.24. The molecule has 12 heteroatoms. The number of aliphatic hydroxyl groups is 1. The number of carbonyl (C=O) groups is 4. The van der Waals surface area contributed by atoms with Gasteiger partial charge in [-0.2, -0.15) is 0 Å². The third kappa shape index (κ3) is 38.8. The zero-order chi connectivity index (χ0) is 40.3. The zero-order valence-corrected chi connectivity index (χ0v) is 34.8. The number of hydrogen-bond acceptors (Lipinski definition) is 9. The maximum absolute atomic E-state index is 11.4. The number of nitrogens with zero attached hydrogens (tertiary/aromatic N) is 1. The van der Waals surface area contributed by atoms with Gasteiger partial charge in [-0.3, -0.25) is 14.5 Å². The molecular weight excluding hydrogens is 654 g/mol. The molecule has 51 heavy (non-hydrogen) atoms. The van der Waals surface area contributed by atoms with E-state index < -0.39 is 30.1 Å². The lowest BCUT2D eigenvalue weighted by Crippen LogP contribution is -2.41. The van der Waals surface area contributed by atoms with Gasteiger partial charge >= 0.3 is 18.0 Å². The molecule has 0 aliphatic heterocycles. The number of nitrogens with one attached hydrogen (secondary N) is 2. The zero-order valence-electron chi connectivity index (χ0n) is 34.8. The fourth-order valence-corrected chi connectivity index (χ4v) is 5.04. The van der Waals surface area contributed by atoms with Crippen molar-refractivity contribution >= 4 is 23.8 Å². The van der Waals surface area contributed by atoms with Crippen LogP contribution in [0, 0.1) is 16.2 Å². The lowest BCUT2D eigenvalue weighted by atomic mass is 9.89. The van der Waals surface area contributed by atoms with Crippen LogP contribution in [0.15, 0.2) is 0 Å². The van der Waals surface area contributed by atoms with Crippen LogP contribution >= 0.6 is 0 Å². The predicted molar refractivity (Wildman–Crippen MR) is 206 cm³/mol. The van der Waals surface area contributed by atoms with Crippen LogP contribution in [0.3, 0.4) is 0 Å². The minimum atomic E-state index is -1.04. The molecular formula is C39H79N3O9. The molecule has 0 spiro atoms. The lowest BCUT2D eigenvalue weighted by Gasteiger charge is -2.22. The standard InChI is InChI=1S/C14H27NO5.C13H27NO.C12H25NO3/c1-14(2,3)8-6-5-7-11(12(16)17)15-13(18)20-10-9-19-4;1-11(15)12(14(5)6)9-7-8-10-13(2,3)4;1-12(2,3)7-5-4-6-10(11(15)16)13-8-9-14/h11H,5-10H2,1-4H3,(H,15,18)(H,16,17);12H,7-10H2,1-6H3;10,13-14H,4-9H2,1-3H3,(H,15,16). The fraction of sp³-hybridized carbons (Fsp3) is 0.897. The number of unbranched alkanes of at least 4 members (excludes halogenated alkanes) is 3. The highest BCUT2D eigenvalue weighted by atomic mass is 16.6. The summed E-state index contributed by atoms with van der Waals surface area (Å²) in [4.78, 5) is 46.6. The van der Waals surface area contributed by atoms with Gasteiger partial charge in [0.2, 0.25) is 0 Å². The third-order valence-corrected chi connectivity index (χ3v) is 8.00. The van der Waals surface area contributed by atoms with Gasteiger partial charge in [0.1, 0.15) is 24.5 Å². The van der Waals surface area contributed by atoms with Gasteiger partial charge in [0.05, 0.1) is 19.3 Å². The van der Waals surface area contributed by atoms with Crippen LogP contribution in [-0.4, -0.2) is 110 Å². The van der Waals surface area contributed by atoms with E-state index in [1.807, 2.05) is 19.0 Å². The molecule has 0 aromatic carbocycles. The van der Waals surface area contributed by atoms with Crippen molar-refractivity contribution in [3.05, 3.63) is 0 Å². The van der Waals surface area contributed by atoms with E-state index in [4.69, 9.17) is 24.8 Å². The third-order valence-electron chi connectivity index (χ3n) is 8.00. The van der Waals surface area contributed by atoms with Gasteiger partial charge in [0.25, 0.3) is 0 Å². The van der Waals surface area contributed by atoms with E-state index in [1.165, 1.54) is 20.0 Å². The Bertz CT molecular complexity index is 922. The molecule has 0 fully saturated rings. The number of ether oxygens (including phenoxy) is 2. The number of ketones is 1. The number of aliphatic carboxylic acids is 2. The molecule has 0 aliphatic carbocycles. The van der Waals surface area contributed by atoms with E-state index >= 15 is 0 Å². The fourth-order valence-electron chi connectivity index (χ4n) is 5.04. The van der Waals surface area contributed by atoms with Gasteiger partial charge in [0, 0.05) is 13.7 Å². The number of likely N-dealkylation sites (N-methyl/N-ethyl adjacent to an activating group) is 1. The molecule has 0 aliphatic rings. The van der Waals surface area contributed by atoms with E-state index in [-0.39, 0.29) is 37.1 Å². The van der Waals surface area contributed by atoms with Crippen molar-refractivity contribution in [1.82, 2.24) is 15.5 Å². The molecule has 5 N–H and O–H groups in total. The Morgan fingerprint density at radius 2 is 1.08 bits per heavy atom. The van der Waals surface area contributed by atoms with Crippen molar-refractivity contribution in [2.24, 2.45) is 16.2 Å². The summed E-state index contributed by atoms with van der Waals surface area (Å²) >= 11 is 0. The number of rotatable bonds is 23. The van der Waals surface area contributed by atoms with Crippen LogP contribution in [-0.2, 0) is 23.9 Å². The highest BCUT2D eigenvalue weighted by molar-refractivity contribution is 5.81. The predicted octanol–water partition coefficient (Wildman–Crippen LogP) is 7.16. The highest BCUT2D eigenvalue weighted by Gasteiger charge is 2.21. The second kappa shape index (κ2) is 29.2. The second-order valence-electron chi connectivity index (χ2n) is 17.2. The van der Waals surface area contributed by atoms with Crippen molar-refractivity contribution in [1.29, 1.82) is 0 Å². The largest absolute Gasteiger partial charge is 0.480 e. The van der Waals surface area contributed by atoms with Crippen LogP contribution in [0.25, 0.3) is 0 Å². The number of carboxylic acids is 2. The molecule has 0 saturated heterocycles. The molecule has 0 aromatic rings. The first-order valence-corrected chi connectivity index (χ1v) is 18.8. The molecule has 0 aromatic heterocycles. The monoisotopic (exact) mass is 734 g/mol. The molecule has 0 heterocycles. The number of carboxylic acid groups (broad SMARTS) is 2. The molecule has 0 radical (unpaired) electrons. The van der Waals surface area contributed by atoms with Gasteiger partial charge < -0.3 is 35.4 Å². The Morgan fingerprint density at radius 3 is 1.41 bits per heavy atom. The van der Waals surface area contributed by atoms with Crippen LogP contribution in [0.2, 0.25) is 0 Å². The summed E-state index contributed by atoms with van der Waals surface area (Å²) in [5.41, 5.74) is 0.978. The second-order valence-corrected chi connectivity index (χ2v) is 17.2. The van der Waals surface area contributed by atoms with Crippen LogP contribution in [0.5, 0.6) is 0 Å². The minimum Gasteiger partial charge on any atom is -0.480 e. The molecule has 304 valence electrons. The molecule has 3 atom stereocenters. The normalized spacial score (nSPS) is 13.5. The van der Waals surface area contributed by atoms with E-state index in [9.17, 15) is 19.2 Å². The number of Topliss-reactive ketones (excluding diaryl/α,β-unsaturated/α-hetero) is 1. The number of alkyl carbamates (subject to hydrolysis) is 1. The van der Waals surface area contributed by atoms with Crippen LogP contribution in [0.4, 0.5) is 4.79 Å². The summed E-state index contributed by atoms with van der Waals surface area (Å²) in [5.74, 6) is -1.58. The Hall–Kier alpha value is -2.28. The van der Waals surface area contributed by atoms with E-state index in [0.717, 1.165) is 51.4 Å². The number of hydrogen-bond donors (Lipinski definition) is 5. The molecule has 0 saturated carbocycles. The maximum atomic E-state index is 11.4. The van der Waals surface area contributed by atoms with Crippen molar-refractivity contribution in [2.75, 3.05) is 47.6 Å². The first-order chi connectivity index (χ1) is 23.4. The summed E-state index contributed by atoms with van der Waals surface area (Å²) in [6, 6.07) is -1.30. The van der Waals surface area contributed by atoms with Crippen molar-refractivity contribution in [2.45, 2.75) is 164 Å². The van der Waals surface area contributed by atoms with E-state index in [2.05, 4.69) is 72.9 Å². The smallest absolute Gasteiger partial charge is 0.407 e. The SMILES string of the molecule is CC(=O)C(CCCCC(C)(C)C)N(C)C.CC(C)(C)CCCCC(NCCO)C(=O)O.COCCOC(=O)NC(CCCCC(C)(C)C)C(=O)O. The van der Waals surface area contributed by atoms with Gasteiger partial charge in [-0.1, -0.05) is 101 Å². The number of amides is 1. The minimum absolute atomic E-state index is 0.0221. The Balaban J connectivity index is -0.000000687. The van der Waals surface area contributed by atoms with E-state index in [1.54, 1.807) is 6.92 Å². The molecule has 1 amide bonds. The summed E-state index contributed by atoms with van der Waals surface area (Å²) < 4.78 is 9.52. The van der Waals surface area contributed by atoms with Gasteiger partial charge in [-0.05, 0) is 75.8 Å². The topological polar surface area (TPSA) is 175 Å². The number of aliphatic hydroxyl groups excluding tert-OH is 1. The van der Waals surface area contributed by atoms with Gasteiger partial charge in [-0.15, -0.1) is 0 Å². The molecule has 0 rings (SSSR count). The summed E-state index contributed by atoms with van der Waals surface area (Å²) in [7, 11) is 5.46. The first kappa shape index (κ1) is 53.1. The van der Waals surface area contributed by atoms with Crippen LogP contribution in [0.1, 0.15) is 146 Å². The lowest BCUT2D eigenvalue weighted by molar-refractivity contribution is -0.140. The first-order valence-electron chi connectivity index (χ1n) is 18.8. The number of methoxy groups -OCH3 is 1. The summed E-state index contributed by atoms with van der Waals surface area (Å²) in [5, 5.41) is 31.8. The summed E-state index contributed by atoms with van der Waals surface area (Å²) in [6.07, 6.45) is 10.7. The number of carbonyl (C=O) groups excluding carboxylic acids is 2. The Labute approximate surface area is 311 Å². The Morgan fingerprint density at radius 1 is 0.667 bits per heavy atom. The average Bonchev–Trinajstić information content (AvgIpc) is 2.96. The van der Waals surface area contributed by atoms with Crippen molar-refractivity contribution < 1.29 is 44.0 Å². The van der Waals surface area contributed by atoms with Crippen molar-refractivity contribution in [3.63, 3.8) is 0 Å². The average molecular weight is 734 g/mol. The molecule has 3 unspecified atom stereocenters.